The molecule has 0 bridgehead atoms. The molecule has 5 heteroatoms. The molecule has 3 N–H and O–H groups in total. The molecule has 0 aliphatic heterocycles. The van der Waals surface area contributed by atoms with Crippen molar-refractivity contribution in [3.05, 3.63) is 35.5 Å². The second-order valence-corrected chi connectivity index (χ2v) is 4.13. The second-order valence-electron chi connectivity index (χ2n) is 4.13. The Kier molecular flexibility index (Phi) is 2.61. The highest BCUT2D eigenvalue weighted by Crippen LogP contribution is 2.45. The van der Waals surface area contributed by atoms with E-state index < -0.39 is 17.2 Å². The van der Waals surface area contributed by atoms with Crippen molar-refractivity contribution in [1.29, 1.82) is 15.9 Å². The van der Waals surface area contributed by atoms with E-state index in [9.17, 15) is 10.1 Å². The Morgan fingerprint density at radius 2 is 2.22 bits per heavy atom. The standard InChI is InChI=1S/C13H10N4O/c14-6-9-8-4-2-1-3-5-10(8)13(7-15,11(9)16)12(17)18/h1-3,5,9,16H,4H2,(H2,17,18). The van der Waals surface area contributed by atoms with Crippen molar-refractivity contribution in [2.75, 3.05) is 0 Å². The summed E-state index contributed by atoms with van der Waals surface area (Å²) in [5.74, 6) is -1.74. The number of nitrogens with one attached hydrogen (secondary N) is 1. The van der Waals surface area contributed by atoms with Crippen LogP contribution < -0.4 is 5.73 Å². The Balaban J connectivity index is 2.74. The molecule has 0 heterocycles. The molecular formula is C13H10N4O. The fourth-order valence-corrected chi connectivity index (χ4v) is 2.40. The summed E-state index contributed by atoms with van der Waals surface area (Å²) in [7, 11) is 0. The van der Waals surface area contributed by atoms with E-state index >= 15 is 0 Å². The number of hydrogen-bond acceptors (Lipinski definition) is 4. The molecule has 2 rings (SSSR count). The third-order valence-electron chi connectivity index (χ3n) is 3.31. The minimum absolute atomic E-state index is 0.232. The van der Waals surface area contributed by atoms with Gasteiger partial charge < -0.3 is 11.1 Å². The normalized spacial score (nSPS) is 29.4. The SMILES string of the molecule is N#CC1C(=N)C(C#N)(C(N)=O)C2=C1CC=CC=C2. The Morgan fingerprint density at radius 1 is 1.50 bits per heavy atom. The summed E-state index contributed by atoms with van der Waals surface area (Å²) >= 11 is 0. The molecule has 0 spiro atoms. The molecule has 0 aromatic carbocycles. The van der Waals surface area contributed by atoms with Crippen LogP contribution in [-0.2, 0) is 4.79 Å². The summed E-state index contributed by atoms with van der Waals surface area (Å²) in [6, 6.07) is 3.81. The lowest BCUT2D eigenvalue weighted by Gasteiger charge is -2.19. The van der Waals surface area contributed by atoms with Gasteiger partial charge in [-0.2, -0.15) is 10.5 Å². The maximum absolute atomic E-state index is 11.7. The van der Waals surface area contributed by atoms with E-state index in [1.807, 2.05) is 18.2 Å². The fourth-order valence-electron chi connectivity index (χ4n) is 2.40. The molecule has 1 amide bonds. The number of primary amides is 1. The number of nitriles is 2. The Bertz CT molecular complexity index is 612. The first-order chi connectivity index (χ1) is 8.59. The number of amides is 1. The van der Waals surface area contributed by atoms with Crippen LogP contribution in [0.4, 0.5) is 0 Å². The van der Waals surface area contributed by atoms with Gasteiger partial charge in [-0.3, -0.25) is 4.79 Å². The lowest BCUT2D eigenvalue weighted by atomic mass is 9.79. The van der Waals surface area contributed by atoms with Crippen LogP contribution in [0.5, 0.6) is 0 Å². The van der Waals surface area contributed by atoms with Crippen LogP contribution in [0, 0.1) is 39.4 Å². The average molecular weight is 238 g/mol. The van der Waals surface area contributed by atoms with Gasteiger partial charge >= 0.3 is 0 Å². The van der Waals surface area contributed by atoms with Gasteiger partial charge in [0.25, 0.3) is 0 Å². The number of nitrogens with two attached hydrogens (primary N) is 1. The molecular weight excluding hydrogens is 228 g/mol. The van der Waals surface area contributed by atoms with Gasteiger partial charge in [-0.05, 0) is 17.6 Å². The number of allylic oxidation sites excluding steroid dienone is 5. The predicted octanol–water partition coefficient (Wildman–Crippen LogP) is 0.968. The molecule has 2 aliphatic rings. The quantitative estimate of drug-likeness (QED) is 0.709. The molecule has 2 unspecified atom stereocenters. The van der Waals surface area contributed by atoms with Crippen molar-refractivity contribution in [3.63, 3.8) is 0 Å². The Morgan fingerprint density at radius 3 is 2.78 bits per heavy atom. The van der Waals surface area contributed by atoms with Gasteiger partial charge in [0.2, 0.25) is 5.91 Å². The first-order valence-corrected chi connectivity index (χ1v) is 5.36. The van der Waals surface area contributed by atoms with E-state index in [0.29, 0.717) is 17.6 Å². The van der Waals surface area contributed by atoms with E-state index in [1.165, 1.54) is 0 Å². The summed E-state index contributed by atoms with van der Waals surface area (Å²) in [4.78, 5) is 11.7. The smallest absolute Gasteiger partial charge is 0.248 e. The second kappa shape index (κ2) is 3.97. The van der Waals surface area contributed by atoms with Gasteiger partial charge in [0, 0.05) is 0 Å². The van der Waals surface area contributed by atoms with E-state index in [4.69, 9.17) is 16.4 Å². The van der Waals surface area contributed by atoms with Crippen LogP contribution >= 0.6 is 0 Å². The molecule has 0 radical (unpaired) electrons. The molecule has 2 aliphatic carbocycles. The minimum atomic E-state index is -1.79. The van der Waals surface area contributed by atoms with Crippen LogP contribution in [0.15, 0.2) is 35.5 Å². The van der Waals surface area contributed by atoms with Gasteiger partial charge in [-0.15, -0.1) is 0 Å². The first-order valence-electron chi connectivity index (χ1n) is 5.36. The summed E-state index contributed by atoms with van der Waals surface area (Å²) in [6.07, 6.45) is 7.33. The highest BCUT2D eigenvalue weighted by Gasteiger charge is 2.54. The van der Waals surface area contributed by atoms with Crippen LogP contribution in [0.1, 0.15) is 6.42 Å². The maximum atomic E-state index is 11.7. The summed E-state index contributed by atoms with van der Waals surface area (Å²) < 4.78 is 0. The fraction of sp³-hybridized carbons (Fsp3) is 0.231. The average Bonchev–Trinajstić information content (AvgIpc) is 2.50. The molecule has 5 nitrogen and oxygen atoms in total. The number of rotatable bonds is 1. The van der Waals surface area contributed by atoms with Gasteiger partial charge in [0.1, 0.15) is 5.92 Å². The van der Waals surface area contributed by atoms with Crippen molar-refractivity contribution in [2.45, 2.75) is 6.42 Å². The Labute approximate surface area is 104 Å². The van der Waals surface area contributed by atoms with Crippen LogP contribution in [0.25, 0.3) is 0 Å². The highest BCUT2D eigenvalue weighted by atomic mass is 16.1. The van der Waals surface area contributed by atoms with Crippen LogP contribution in [0.3, 0.4) is 0 Å². The highest BCUT2D eigenvalue weighted by molar-refractivity contribution is 6.18. The minimum Gasteiger partial charge on any atom is -0.368 e. The number of carbonyl (C=O) groups is 1. The maximum Gasteiger partial charge on any atom is 0.248 e. The first kappa shape index (κ1) is 11.8. The number of nitrogens with zero attached hydrogens (tertiary/aromatic N) is 2. The van der Waals surface area contributed by atoms with Gasteiger partial charge in [-0.25, -0.2) is 0 Å². The summed E-state index contributed by atoms with van der Waals surface area (Å²) in [6.45, 7) is 0. The molecule has 88 valence electrons. The monoisotopic (exact) mass is 238 g/mol. The lowest BCUT2D eigenvalue weighted by molar-refractivity contribution is -0.120. The van der Waals surface area contributed by atoms with E-state index in [1.54, 1.807) is 18.2 Å². The van der Waals surface area contributed by atoms with Gasteiger partial charge in [-0.1, -0.05) is 24.3 Å². The van der Waals surface area contributed by atoms with Crippen LogP contribution in [-0.4, -0.2) is 11.6 Å². The lowest BCUT2D eigenvalue weighted by Crippen LogP contribution is -2.42. The zero-order valence-electron chi connectivity index (χ0n) is 9.47. The molecule has 0 saturated carbocycles. The molecule has 0 aromatic heterocycles. The van der Waals surface area contributed by atoms with Gasteiger partial charge in [0.15, 0.2) is 5.41 Å². The van der Waals surface area contributed by atoms with Crippen molar-refractivity contribution in [1.82, 2.24) is 0 Å². The third kappa shape index (κ3) is 1.25. The number of hydrogen-bond donors (Lipinski definition) is 2. The van der Waals surface area contributed by atoms with Crippen molar-refractivity contribution < 1.29 is 4.79 Å². The largest absolute Gasteiger partial charge is 0.368 e. The predicted molar refractivity (Wildman–Crippen MR) is 64.0 cm³/mol. The molecule has 0 aromatic rings. The third-order valence-corrected chi connectivity index (χ3v) is 3.31. The summed E-state index contributed by atoms with van der Waals surface area (Å²) in [5.41, 5.74) is 4.29. The van der Waals surface area contributed by atoms with Crippen molar-refractivity contribution in [2.24, 2.45) is 17.1 Å². The number of carbonyl (C=O) groups excluding carboxylic acids is 1. The molecule has 2 atom stereocenters. The summed E-state index contributed by atoms with van der Waals surface area (Å²) in [5, 5.41) is 26.4. The van der Waals surface area contributed by atoms with Crippen LogP contribution in [0.2, 0.25) is 0 Å². The molecule has 0 fully saturated rings. The van der Waals surface area contributed by atoms with E-state index in [-0.39, 0.29) is 5.71 Å². The van der Waals surface area contributed by atoms with Crippen molar-refractivity contribution >= 4 is 11.6 Å². The van der Waals surface area contributed by atoms with Gasteiger partial charge in [0.05, 0.1) is 17.9 Å². The van der Waals surface area contributed by atoms with E-state index in [0.717, 1.165) is 0 Å². The zero-order chi connectivity index (χ0) is 13.3. The van der Waals surface area contributed by atoms with Crippen molar-refractivity contribution in [3.8, 4) is 12.1 Å². The van der Waals surface area contributed by atoms with E-state index in [2.05, 4.69) is 0 Å². The Hall–Kier alpha value is -2.66. The molecule has 18 heavy (non-hydrogen) atoms. The topological polar surface area (TPSA) is 115 Å². The zero-order valence-corrected chi connectivity index (χ0v) is 9.47. The molecule has 0 saturated heterocycles.